The second-order valence-electron chi connectivity index (χ2n) is 12.9. The van der Waals surface area contributed by atoms with Crippen molar-refractivity contribution in [1.82, 2.24) is 9.88 Å². The summed E-state index contributed by atoms with van der Waals surface area (Å²) in [6.45, 7) is 1.02. The lowest BCUT2D eigenvalue weighted by Crippen LogP contribution is -2.44. The number of benzene rings is 4. The minimum atomic E-state index is -0.149. The van der Waals surface area contributed by atoms with E-state index < -0.39 is 0 Å². The van der Waals surface area contributed by atoms with Crippen LogP contribution in [0.4, 0.5) is 22.7 Å². The first-order valence-electron chi connectivity index (χ1n) is 16.5. The van der Waals surface area contributed by atoms with Gasteiger partial charge in [0, 0.05) is 59.6 Å². The van der Waals surface area contributed by atoms with E-state index in [1.54, 1.807) is 29.2 Å². The smallest absolute Gasteiger partial charge is 0.257 e. The van der Waals surface area contributed by atoms with Crippen LogP contribution in [0.3, 0.4) is 0 Å². The average Bonchev–Trinajstić information content (AvgIpc) is 3.45. The number of hydrogen-bond acceptors (Lipinski definition) is 8. The number of alkyl halides is 1. The third kappa shape index (κ3) is 5.55. The second-order valence-corrected chi connectivity index (χ2v) is 13.2. The van der Waals surface area contributed by atoms with Gasteiger partial charge in [-0.3, -0.25) is 19.6 Å². The molecule has 3 aliphatic rings. The van der Waals surface area contributed by atoms with Crippen LogP contribution in [0.5, 0.6) is 11.5 Å². The zero-order chi connectivity index (χ0) is 34.5. The van der Waals surface area contributed by atoms with E-state index in [9.17, 15) is 9.59 Å². The fraction of sp³-hybridized carbons (Fsp3) is 0.231. The van der Waals surface area contributed by atoms with E-state index in [1.807, 2.05) is 53.6 Å². The van der Waals surface area contributed by atoms with Gasteiger partial charge in [0.25, 0.3) is 5.91 Å². The number of anilines is 3. The van der Waals surface area contributed by atoms with Gasteiger partial charge >= 0.3 is 0 Å². The molecule has 4 N–H and O–H groups in total. The summed E-state index contributed by atoms with van der Waals surface area (Å²) in [7, 11) is 1.53. The van der Waals surface area contributed by atoms with E-state index in [1.165, 1.54) is 12.7 Å². The summed E-state index contributed by atoms with van der Waals surface area (Å²) in [6.07, 6.45) is 2.57. The van der Waals surface area contributed by atoms with Crippen LogP contribution in [-0.4, -0.2) is 53.5 Å². The molecule has 252 valence electrons. The molecule has 5 aromatic rings. The maximum atomic E-state index is 13.8. The van der Waals surface area contributed by atoms with Gasteiger partial charge < -0.3 is 30.7 Å². The number of rotatable bonds is 7. The van der Waals surface area contributed by atoms with Gasteiger partial charge in [-0.2, -0.15) is 0 Å². The maximum absolute atomic E-state index is 13.8. The molecule has 0 fully saturated rings. The molecule has 3 aliphatic heterocycles. The molecule has 0 saturated heterocycles. The first-order valence-corrected chi connectivity index (χ1v) is 17.0. The first kappa shape index (κ1) is 31.6. The predicted molar refractivity (Wildman–Crippen MR) is 196 cm³/mol. The molecule has 4 aromatic carbocycles. The number of carbonyl (C=O) groups is 2. The highest BCUT2D eigenvalue weighted by Gasteiger charge is 2.35. The monoisotopic (exact) mass is 686 g/mol. The van der Waals surface area contributed by atoms with Crippen LogP contribution in [0, 0.1) is 0 Å². The fourth-order valence-electron chi connectivity index (χ4n) is 7.40. The van der Waals surface area contributed by atoms with E-state index in [2.05, 4.69) is 12.1 Å². The quantitative estimate of drug-likeness (QED) is 0.154. The number of methoxy groups -OCH3 is 1. The molecule has 8 rings (SSSR count). The number of fused-ring (bicyclic) bond motifs is 6. The van der Waals surface area contributed by atoms with Crippen LogP contribution in [0.25, 0.3) is 10.8 Å². The normalized spacial score (nSPS) is 17.5. The van der Waals surface area contributed by atoms with Crippen molar-refractivity contribution in [1.29, 1.82) is 0 Å². The molecule has 50 heavy (non-hydrogen) atoms. The van der Waals surface area contributed by atoms with Gasteiger partial charge in [0.2, 0.25) is 5.91 Å². The van der Waals surface area contributed by atoms with Gasteiger partial charge in [0.05, 0.1) is 42.2 Å². The van der Waals surface area contributed by atoms with E-state index in [0.29, 0.717) is 70.9 Å². The third-order valence-corrected chi connectivity index (χ3v) is 10.2. The number of nitrogens with zero attached hydrogens (tertiary/aromatic N) is 4. The Hall–Kier alpha value is -5.61. The molecule has 2 amide bonds. The lowest BCUT2D eigenvalue weighted by atomic mass is 9.94. The van der Waals surface area contributed by atoms with Crippen molar-refractivity contribution in [2.75, 3.05) is 35.9 Å². The lowest BCUT2D eigenvalue weighted by Gasteiger charge is -2.34. The number of nitrogen functional groups attached to an aromatic ring is 2. The zero-order valence-corrected chi connectivity index (χ0v) is 28.2. The van der Waals surface area contributed by atoms with Crippen LogP contribution in [-0.2, 0) is 30.8 Å². The Kier molecular flexibility index (Phi) is 8.03. The third-order valence-electron chi connectivity index (χ3n) is 9.79. The van der Waals surface area contributed by atoms with Crippen molar-refractivity contribution in [3.05, 3.63) is 113 Å². The molecule has 0 unspecified atom stereocenters. The summed E-state index contributed by atoms with van der Waals surface area (Å²) in [4.78, 5) is 40.6. The number of carbonyl (C=O) groups excluding carboxylic acids is 2. The number of ether oxygens (including phenoxy) is 2. The van der Waals surface area contributed by atoms with Gasteiger partial charge in [-0.05, 0) is 52.8 Å². The minimum absolute atomic E-state index is 0.0214. The molecule has 0 bridgehead atoms. The summed E-state index contributed by atoms with van der Waals surface area (Å²) >= 11 is 6.41. The Balaban J connectivity index is 1.02. The highest BCUT2D eigenvalue weighted by molar-refractivity contribution is 6.19. The summed E-state index contributed by atoms with van der Waals surface area (Å²) in [5, 5.41) is 1.96. The second kappa shape index (κ2) is 12.7. The van der Waals surface area contributed by atoms with Crippen molar-refractivity contribution in [2.24, 2.45) is 4.99 Å². The lowest BCUT2D eigenvalue weighted by molar-refractivity contribution is -0.118. The zero-order valence-electron chi connectivity index (χ0n) is 27.4. The van der Waals surface area contributed by atoms with Crippen molar-refractivity contribution in [3.8, 4) is 11.5 Å². The molecular formula is C39H35ClN6O4. The van der Waals surface area contributed by atoms with Crippen LogP contribution in [0.2, 0.25) is 0 Å². The molecule has 0 spiro atoms. The van der Waals surface area contributed by atoms with Crippen molar-refractivity contribution in [2.45, 2.75) is 38.0 Å². The van der Waals surface area contributed by atoms with E-state index >= 15 is 0 Å². The first-order chi connectivity index (χ1) is 24.3. The highest BCUT2D eigenvalue weighted by atomic mass is 35.5. The molecule has 4 heterocycles. The minimum Gasteiger partial charge on any atom is -0.493 e. The predicted octanol–water partition coefficient (Wildman–Crippen LogP) is 6.18. The molecule has 1 aromatic heterocycles. The molecule has 10 nitrogen and oxygen atoms in total. The molecule has 2 atom stereocenters. The van der Waals surface area contributed by atoms with Crippen LogP contribution in [0.15, 0.2) is 83.9 Å². The fourth-order valence-corrected chi connectivity index (χ4v) is 7.65. The maximum Gasteiger partial charge on any atom is 0.257 e. The largest absolute Gasteiger partial charge is 0.493 e. The van der Waals surface area contributed by atoms with Crippen LogP contribution >= 0.6 is 11.6 Å². The SMILES string of the molecule is COc1cc2c(cc1OCc1cc(N)cc(CC(=O)N3C[C@@H](CCl)c4c3cc(N)c3ccccc43)n1)N=C[C@@H]1Cc3ccccc3CN1C2=O. The Morgan fingerprint density at radius 1 is 0.960 bits per heavy atom. The molecule has 11 heteroatoms. The Morgan fingerprint density at radius 2 is 1.72 bits per heavy atom. The standard InChI is InChI=1S/C39H35ClN6O4/c1-49-35-14-31-33(43-18-28-10-22-6-2-3-7-23(22)19-45(28)39(31)48)16-36(35)50-21-27-12-25(41)11-26(44-27)13-37(47)46-20-24(17-40)38-30-9-5-4-8-29(30)32(42)15-34(38)46/h2-9,11-12,14-16,18,24,28H,10,13,17,19-21,42H2,1H3,(H2,41,44)/t24-,28+/m1/s1. The number of amides is 2. The number of halogens is 1. The number of hydrogen-bond donors (Lipinski definition) is 2. The topological polar surface area (TPSA) is 136 Å². The Labute approximate surface area is 294 Å². The van der Waals surface area contributed by atoms with Gasteiger partial charge in [-0.15, -0.1) is 11.6 Å². The summed E-state index contributed by atoms with van der Waals surface area (Å²) in [5.41, 5.74) is 20.0. The van der Waals surface area contributed by atoms with Crippen molar-refractivity contribution >= 4 is 63.2 Å². The van der Waals surface area contributed by atoms with E-state index in [0.717, 1.165) is 27.6 Å². The Bertz CT molecular complexity index is 2220. The van der Waals surface area contributed by atoms with E-state index in [-0.39, 0.29) is 36.8 Å². The highest BCUT2D eigenvalue weighted by Crippen LogP contribution is 2.44. The summed E-state index contributed by atoms with van der Waals surface area (Å²) in [5.74, 6) is 0.923. The van der Waals surface area contributed by atoms with Crippen LogP contribution < -0.4 is 25.8 Å². The average molecular weight is 687 g/mol. The Morgan fingerprint density at radius 3 is 2.52 bits per heavy atom. The number of aliphatic imine (C=N–C) groups is 1. The summed E-state index contributed by atoms with van der Waals surface area (Å²) < 4.78 is 11.9. The van der Waals surface area contributed by atoms with Crippen molar-refractivity contribution < 1.29 is 19.1 Å². The van der Waals surface area contributed by atoms with Gasteiger partial charge in [0.1, 0.15) is 6.61 Å². The molecular weight excluding hydrogens is 652 g/mol. The van der Waals surface area contributed by atoms with Crippen LogP contribution in [0.1, 0.15) is 44.4 Å². The van der Waals surface area contributed by atoms with Gasteiger partial charge in [0.15, 0.2) is 11.5 Å². The number of nitrogens with two attached hydrogens (primary N) is 2. The summed E-state index contributed by atoms with van der Waals surface area (Å²) in [6, 6.07) is 24.6. The number of aromatic nitrogens is 1. The van der Waals surface area contributed by atoms with Crippen molar-refractivity contribution in [3.63, 3.8) is 0 Å². The molecule has 0 radical (unpaired) electrons. The van der Waals surface area contributed by atoms with Gasteiger partial charge in [-0.25, -0.2) is 0 Å². The molecule has 0 saturated carbocycles. The van der Waals surface area contributed by atoms with Gasteiger partial charge in [-0.1, -0.05) is 48.5 Å². The number of pyridine rings is 1. The van der Waals surface area contributed by atoms with E-state index in [4.69, 9.17) is 42.5 Å². The molecule has 0 aliphatic carbocycles.